The monoisotopic (exact) mass is 319 g/mol. The Morgan fingerprint density at radius 2 is 2.05 bits per heavy atom. The first-order valence-electron chi connectivity index (χ1n) is 7.27. The van der Waals surface area contributed by atoms with Crippen molar-refractivity contribution in [1.29, 1.82) is 0 Å². The molecule has 0 atom stereocenters. The predicted molar refractivity (Wildman–Crippen MR) is 86.5 cm³/mol. The van der Waals surface area contributed by atoms with Crippen molar-refractivity contribution in [3.63, 3.8) is 0 Å². The minimum Gasteiger partial charge on any atom is -0.495 e. The van der Waals surface area contributed by atoms with E-state index in [0.717, 1.165) is 37.3 Å². The molecule has 0 aliphatic carbocycles. The number of aromatic nitrogens is 2. The summed E-state index contributed by atoms with van der Waals surface area (Å²) in [7, 11) is 1.59. The number of benzene rings is 1. The van der Waals surface area contributed by atoms with E-state index in [4.69, 9.17) is 16.3 Å². The van der Waals surface area contributed by atoms with Gasteiger partial charge in [-0.1, -0.05) is 11.6 Å². The SMILES string of the molecule is COc1ccc(-c2nccc(N3CCC(O)CC3)n2)cc1Cl. The summed E-state index contributed by atoms with van der Waals surface area (Å²) in [4.78, 5) is 11.1. The molecule has 0 radical (unpaired) electrons. The average molecular weight is 320 g/mol. The summed E-state index contributed by atoms with van der Waals surface area (Å²) in [5.41, 5.74) is 0.852. The number of piperidine rings is 1. The van der Waals surface area contributed by atoms with Crippen molar-refractivity contribution in [3.05, 3.63) is 35.5 Å². The molecule has 116 valence electrons. The van der Waals surface area contributed by atoms with E-state index in [1.807, 2.05) is 18.2 Å². The van der Waals surface area contributed by atoms with Crippen molar-refractivity contribution in [3.8, 4) is 17.1 Å². The normalized spacial score (nSPS) is 15.9. The Bertz CT molecular complexity index is 658. The van der Waals surface area contributed by atoms with Crippen LogP contribution in [0.1, 0.15) is 12.8 Å². The van der Waals surface area contributed by atoms with Crippen molar-refractivity contribution in [2.24, 2.45) is 0 Å². The third-order valence-corrected chi connectivity index (χ3v) is 4.13. The van der Waals surface area contributed by atoms with E-state index in [9.17, 15) is 5.11 Å². The Kier molecular flexibility index (Phi) is 4.45. The molecule has 1 fully saturated rings. The second-order valence-electron chi connectivity index (χ2n) is 5.31. The maximum Gasteiger partial charge on any atom is 0.161 e. The Morgan fingerprint density at radius 1 is 1.27 bits per heavy atom. The standard InChI is InChI=1S/C16H18ClN3O2/c1-22-14-3-2-11(10-13(14)17)16-18-7-4-15(19-16)20-8-5-12(21)6-9-20/h2-4,7,10,12,21H,5-6,8-9H2,1H3. The molecule has 1 aliphatic rings. The number of rotatable bonds is 3. The topological polar surface area (TPSA) is 58.5 Å². The molecule has 6 heteroatoms. The number of anilines is 1. The second-order valence-corrected chi connectivity index (χ2v) is 5.71. The summed E-state index contributed by atoms with van der Waals surface area (Å²) < 4.78 is 5.16. The van der Waals surface area contributed by atoms with Gasteiger partial charge in [0.1, 0.15) is 11.6 Å². The minimum absolute atomic E-state index is 0.196. The van der Waals surface area contributed by atoms with E-state index < -0.39 is 0 Å². The second kappa shape index (κ2) is 6.50. The van der Waals surface area contributed by atoms with Crippen LogP contribution in [0.3, 0.4) is 0 Å². The number of hydrogen-bond donors (Lipinski definition) is 1. The predicted octanol–water partition coefficient (Wildman–Crippen LogP) is 2.77. The van der Waals surface area contributed by atoms with Crippen LogP contribution in [0.4, 0.5) is 5.82 Å². The lowest BCUT2D eigenvalue weighted by Crippen LogP contribution is -2.36. The van der Waals surface area contributed by atoms with E-state index in [0.29, 0.717) is 16.6 Å². The fourth-order valence-electron chi connectivity index (χ4n) is 2.56. The molecular formula is C16H18ClN3O2. The van der Waals surface area contributed by atoms with Crippen molar-refractivity contribution in [2.75, 3.05) is 25.1 Å². The fourth-order valence-corrected chi connectivity index (χ4v) is 2.82. The molecule has 1 saturated heterocycles. The highest BCUT2D eigenvalue weighted by Gasteiger charge is 2.18. The van der Waals surface area contributed by atoms with E-state index in [1.165, 1.54) is 0 Å². The lowest BCUT2D eigenvalue weighted by atomic mass is 10.1. The number of halogens is 1. The molecule has 22 heavy (non-hydrogen) atoms. The molecule has 0 unspecified atom stereocenters. The molecule has 1 aliphatic heterocycles. The molecule has 5 nitrogen and oxygen atoms in total. The largest absolute Gasteiger partial charge is 0.495 e. The third kappa shape index (κ3) is 3.15. The van der Waals surface area contributed by atoms with Crippen molar-refractivity contribution in [2.45, 2.75) is 18.9 Å². The molecule has 1 aromatic heterocycles. The van der Waals surface area contributed by atoms with Gasteiger partial charge >= 0.3 is 0 Å². The molecular weight excluding hydrogens is 302 g/mol. The molecule has 0 saturated carbocycles. The molecule has 2 heterocycles. The Hall–Kier alpha value is -1.85. The van der Waals surface area contributed by atoms with Crippen LogP contribution in [0, 0.1) is 0 Å². The Labute approximate surface area is 134 Å². The number of aliphatic hydroxyl groups is 1. The third-order valence-electron chi connectivity index (χ3n) is 3.84. The fraction of sp³-hybridized carbons (Fsp3) is 0.375. The van der Waals surface area contributed by atoms with Crippen LogP contribution in [0.25, 0.3) is 11.4 Å². The van der Waals surface area contributed by atoms with Gasteiger partial charge < -0.3 is 14.7 Å². The number of methoxy groups -OCH3 is 1. The van der Waals surface area contributed by atoms with Crippen LogP contribution >= 0.6 is 11.6 Å². The van der Waals surface area contributed by atoms with Gasteiger partial charge in [0, 0.05) is 24.8 Å². The first-order chi connectivity index (χ1) is 10.7. The maximum absolute atomic E-state index is 9.60. The number of ether oxygens (including phenoxy) is 1. The van der Waals surface area contributed by atoms with Crippen LogP contribution in [-0.4, -0.2) is 41.4 Å². The summed E-state index contributed by atoms with van der Waals surface area (Å²) in [6.07, 6.45) is 3.10. The van der Waals surface area contributed by atoms with E-state index in [1.54, 1.807) is 19.4 Å². The molecule has 1 N–H and O–H groups in total. The van der Waals surface area contributed by atoms with E-state index in [-0.39, 0.29) is 6.10 Å². The van der Waals surface area contributed by atoms with E-state index in [2.05, 4.69) is 14.9 Å². The summed E-state index contributed by atoms with van der Waals surface area (Å²) >= 11 is 6.17. The quantitative estimate of drug-likeness (QED) is 0.942. The lowest BCUT2D eigenvalue weighted by molar-refractivity contribution is 0.145. The summed E-state index contributed by atoms with van der Waals surface area (Å²) in [5, 5.41) is 10.1. The number of nitrogens with zero attached hydrogens (tertiary/aromatic N) is 3. The first-order valence-corrected chi connectivity index (χ1v) is 7.65. The molecule has 3 rings (SSSR count). The van der Waals surface area contributed by atoms with Crippen molar-refractivity contribution < 1.29 is 9.84 Å². The molecule has 1 aromatic carbocycles. The minimum atomic E-state index is -0.196. The van der Waals surface area contributed by atoms with Gasteiger partial charge in [0.25, 0.3) is 0 Å². The molecule has 0 amide bonds. The van der Waals surface area contributed by atoms with Crippen LogP contribution in [0.5, 0.6) is 5.75 Å². The van der Waals surface area contributed by atoms with Crippen molar-refractivity contribution in [1.82, 2.24) is 9.97 Å². The lowest BCUT2D eigenvalue weighted by Gasteiger charge is -2.30. The van der Waals surface area contributed by atoms with Gasteiger partial charge in [-0.25, -0.2) is 9.97 Å². The number of hydrogen-bond acceptors (Lipinski definition) is 5. The maximum atomic E-state index is 9.60. The highest BCUT2D eigenvalue weighted by atomic mass is 35.5. The highest BCUT2D eigenvalue weighted by Crippen LogP contribution is 2.29. The zero-order valence-corrected chi connectivity index (χ0v) is 13.1. The van der Waals surface area contributed by atoms with Crippen LogP contribution < -0.4 is 9.64 Å². The highest BCUT2D eigenvalue weighted by molar-refractivity contribution is 6.32. The number of aliphatic hydroxyl groups excluding tert-OH is 1. The summed E-state index contributed by atoms with van der Waals surface area (Å²) in [6.45, 7) is 1.61. The van der Waals surface area contributed by atoms with Gasteiger partial charge in [0.2, 0.25) is 0 Å². The van der Waals surface area contributed by atoms with Gasteiger partial charge in [-0.3, -0.25) is 0 Å². The van der Waals surface area contributed by atoms with E-state index >= 15 is 0 Å². The smallest absolute Gasteiger partial charge is 0.161 e. The molecule has 2 aromatic rings. The molecule has 0 bridgehead atoms. The van der Waals surface area contributed by atoms with Gasteiger partial charge in [-0.15, -0.1) is 0 Å². The Balaban J connectivity index is 1.86. The zero-order valence-electron chi connectivity index (χ0n) is 12.4. The van der Waals surface area contributed by atoms with Gasteiger partial charge in [-0.05, 0) is 37.1 Å². The van der Waals surface area contributed by atoms with Gasteiger partial charge in [0.15, 0.2) is 5.82 Å². The Morgan fingerprint density at radius 3 is 2.73 bits per heavy atom. The van der Waals surface area contributed by atoms with Gasteiger partial charge in [0.05, 0.1) is 18.2 Å². The summed E-state index contributed by atoms with van der Waals surface area (Å²) in [6, 6.07) is 7.40. The van der Waals surface area contributed by atoms with Crippen LogP contribution in [0.15, 0.2) is 30.5 Å². The van der Waals surface area contributed by atoms with Gasteiger partial charge in [-0.2, -0.15) is 0 Å². The first kappa shape index (κ1) is 15.1. The average Bonchev–Trinajstić information content (AvgIpc) is 2.55. The van der Waals surface area contributed by atoms with Crippen LogP contribution in [-0.2, 0) is 0 Å². The molecule has 0 spiro atoms. The van der Waals surface area contributed by atoms with Crippen LogP contribution in [0.2, 0.25) is 5.02 Å². The summed E-state index contributed by atoms with van der Waals surface area (Å²) in [5.74, 6) is 2.14. The van der Waals surface area contributed by atoms with Crippen molar-refractivity contribution >= 4 is 17.4 Å². The zero-order chi connectivity index (χ0) is 15.5.